The number of nitrogens with zero attached hydrogens (tertiary/aromatic N) is 1. The van der Waals surface area contributed by atoms with Gasteiger partial charge in [0.2, 0.25) is 0 Å². The van der Waals surface area contributed by atoms with E-state index in [1.807, 2.05) is 0 Å². The molecule has 1 aromatic heterocycles. The number of carbonyl (C=O) groups excluding carboxylic acids is 2. The van der Waals surface area contributed by atoms with Gasteiger partial charge in [0.1, 0.15) is 0 Å². The van der Waals surface area contributed by atoms with Crippen molar-refractivity contribution in [2.24, 2.45) is 0 Å². The third-order valence-electron chi connectivity index (χ3n) is 3.21. The van der Waals surface area contributed by atoms with Crippen LogP contribution in [0.5, 0.6) is 0 Å². The molecule has 2 aromatic rings. The predicted molar refractivity (Wildman–Crippen MR) is 98.7 cm³/mol. The average molecular weight is 422 g/mol. The molecule has 0 radical (unpaired) electrons. The molecule has 0 atom stereocenters. The number of hydrogen-bond acceptors (Lipinski definition) is 4. The Morgan fingerprint density at radius 1 is 1.12 bits per heavy atom. The highest BCUT2D eigenvalue weighted by Crippen LogP contribution is 2.28. The molecule has 0 aliphatic heterocycles. The Kier molecular flexibility index (Phi) is 6.90. The molecule has 1 amide bonds. The number of carbonyl (C=O) groups is 2. The first-order valence-electron chi connectivity index (χ1n) is 6.98. The number of amides is 1. The van der Waals surface area contributed by atoms with E-state index < -0.39 is 18.5 Å². The van der Waals surface area contributed by atoms with Gasteiger partial charge in [0.05, 0.1) is 16.5 Å². The largest absolute Gasteiger partial charge is 0.455 e. The minimum Gasteiger partial charge on any atom is -0.455 e. The number of anilines is 1. The Morgan fingerprint density at radius 3 is 2.40 bits per heavy atom. The molecule has 132 valence electrons. The number of halogens is 4. The lowest BCUT2D eigenvalue weighted by atomic mass is 10.1. The highest BCUT2D eigenvalue weighted by molar-refractivity contribution is 6.37. The minimum absolute atomic E-state index is 0.138. The zero-order valence-electron chi connectivity index (χ0n) is 12.9. The summed E-state index contributed by atoms with van der Waals surface area (Å²) in [5.74, 6) is -1.09. The van der Waals surface area contributed by atoms with Crippen molar-refractivity contribution in [3.05, 3.63) is 55.6 Å². The molecule has 9 heteroatoms. The fraction of sp³-hybridized carbons (Fsp3) is 0.188. The van der Waals surface area contributed by atoms with Crippen LogP contribution in [-0.4, -0.2) is 23.5 Å². The molecule has 1 aromatic carbocycles. The molecule has 0 aliphatic carbocycles. The molecule has 0 saturated heterocycles. The van der Waals surface area contributed by atoms with Gasteiger partial charge in [-0.3, -0.25) is 9.59 Å². The van der Waals surface area contributed by atoms with Crippen molar-refractivity contribution >= 4 is 64.1 Å². The van der Waals surface area contributed by atoms with Crippen LogP contribution >= 0.6 is 46.4 Å². The highest BCUT2D eigenvalue weighted by atomic mass is 35.5. The molecule has 0 spiro atoms. The third kappa shape index (κ3) is 5.22. The predicted octanol–water partition coefficient (Wildman–Crippen LogP) is 4.73. The molecule has 0 aliphatic rings. The highest BCUT2D eigenvalue weighted by Gasteiger charge is 2.15. The number of ether oxygens (including phenoxy) is 1. The molecular weight excluding hydrogens is 410 g/mol. The zero-order valence-corrected chi connectivity index (χ0v) is 15.9. The lowest BCUT2D eigenvalue weighted by Gasteiger charge is -2.10. The Balaban J connectivity index is 1.92. The molecule has 5 nitrogen and oxygen atoms in total. The van der Waals surface area contributed by atoms with Crippen molar-refractivity contribution in [3.8, 4) is 0 Å². The summed E-state index contributed by atoms with van der Waals surface area (Å²) in [6.45, 7) is 1.19. The van der Waals surface area contributed by atoms with Crippen molar-refractivity contribution in [2.75, 3.05) is 11.9 Å². The van der Waals surface area contributed by atoms with Gasteiger partial charge in [0.15, 0.2) is 12.4 Å². The monoisotopic (exact) mass is 420 g/mol. The van der Waals surface area contributed by atoms with E-state index >= 15 is 0 Å². The number of benzene rings is 1. The number of esters is 1. The standard InChI is InChI=1S/C16H12Cl4N2O3/c1-8-12(19)6-21-16(15(8)20)22-13(23)7-25-14(24)5-9-10(17)3-2-4-11(9)18/h2-4,6H,5,7H2,1H3,(H,21,22,23). The molecule has 0 bridgehead atoms. The summed E-state index contributed by atoms with van der Waals surface area (Å²) in [7, 11) is 0. The second-order valence-corrected chi connectivity index (χ2v) is 6.58. The zero-order chi connectivity index (χ0) is 18.6. The SMILES string of the molecule is Cc1c(Cl)cnc(NC(=O)COC(=O)Cc2c(Cl)cccc2Cl)c1Cl. The van der Waals surface area contributed by atoms with E-state index in [9.17, 15) is 9.59 Å². The van der Waals surface area contributed by atoms with Crippen LogP contribution in [0, 0.1) is 6.92 Å². The molecular formula is C16H12Cl4N2O3. The summed E-state index contributed by atoms with van der Waals surface area (Å²) in [5.41, 5.74) is 1.02. The van der Waals surface area contributed by atoms with Crippen molar-refractivity contribution in [1.29, 1.82) is 0 Å². The topological polar surface area (TPSA) is 68.3 Å². The van der Waals surface area contributed by atoms with Crippen molar-refractivity contribution in [1.82, 2.24) is 4.98 Å². The summed E-state index contributed by atoms with van der Waals surface area (Å²) in [4.78, 5) is 27.7. The lowest BCUT2D eigenvalue weighted by Crippen LogP contribution is -2.22. The number of pyridine rings is 1. The van der Waals surface area contributed by atoms with Crippen molar-refractivity contribution in [3.63, 3.8) is 0 Å². The minimum atomic E-state index is -0.642. The fourth-order valence-corrected chi connectivity index (χ4v) is 2.78. The second kappa shape index (κ2) is 8.72. The summed E-state index contributed by atoms with van der Waals surface area (Å²) >= 11 is 23.9. The van der Waals surface area contributed by atoms with Crippen LogP contribution in [0.3, 0.4) is 0 Å². The van der Waals surface area contributed by atoms with Gasteiger partial charge in [0.25, 0.3) is 5.91 Å². The van der Waals surface area contributed by atoms with Crippen LogP contribution in [0.2, 0.25) is 20.1 Å². The number of nitrogens with one attached hydrogen (secondary N) is 1. The van der Waals surface area contributed by atoms with Gasteiger partial charge >= 0.3 is 5.97 Å². The summed E-state index contributed by atoms with van der Waals surface area (Å²) in [5, 5.41) is 3.75. The van der Waals surface area contributed by atoms with Gasteiger partial charge in [-0.15, -0.1) is 0 Å². The van der Waals surface area contributed by atoms with E-state index in [-0.39, 0.29) is 17.3 Å². The second-order valence-electron chi connectivity index (χ2n) is 4.98. The van der Waals surface area contributed by atoms with Crippen LogP contribution in [-0.2, 0) is 20.7 Å². The number of rotatable bonds is 5. The van der Waals surface area contributed by atoms with Gasteiger partial charge < -0.3 is 10.1 Å². The van der Waals surface area contributed by atoms with Crippen LogP contribution in [0.1, 0.15) is 11.1 Å². The van der Waals surface area contributed by atoms with Gasteiger partial charge in [-0.1, -0.05) is 52.5 Å². The maximum absolute atomic E-state index is 11.9. The maximum Gasteiger partial charge on any atom is 0.310 e. The molecule has 1 N–H and O–H groups in total. The van der Waals surface area contributed by atoms with Crippen LogP contribution in [0.4, 0.5) is 5.82 Å². The Bertz CT molecular complexity index is 807. The first kappa shape index (κ1) is 19.8. The van der Waals surface area contributed by atoms with E-state index in [2.05, 4.69) is 10.3 Å². The lowest BCUT2D eigenvalue weighted by molar-refractivity contribution is -0.146. The van der Waals surface area contributed by atoms with Gasteiger partial charge in [-0.2, -0.15) is 0 Å². The maximum atomic E-state index is 11.9. The van der Waals surface area contributed by atoms with Gasteiger partial charge in [0, 0.05) is 21.8 Å². The quantitative estimate of drug-likeness (QED) is 0.708. The van der Waals surface area contributed by atoms with E-state index in [0.29, 0.717) is 26.2 Å². The molecule has 2 rings (SSSR count). The summed E-state index contributed by atoms with van der Waals surface area (Å²) in [6, 6.07) is 4.89. The summed E-state index contributed by atoms with van der Waals surface area (Å²) in [6.07, 6.45) is 1.22. The fourth-order valence-electron chi connectivity index (χ4n) is 1.86. The molecule has 1 heterocycles. The summed E-state index contributed by atoms with van der Waals surface area (Å²) < 4.78 is 4.92. The van der Waals surface area contributed by atoms with Crippen molar-refractivity contribution in [2.45, 2.75) is 13.3 Å². The van der Waals surface area contributed by atoms with E-state index in [0.717, 1.165) is 0 Å². The molecule has 0 saturated carbocycles. The van der Waals surface area contributed by atoms with E-state index in [4.69, 9.17) is 51.1 Å². The first-order chi connectivity index (χ1) is 11.8. The molecule has 0 unspecified atom stereocenters. The van der Waals surface area contributed by atoms with Gasteiger partial charge in [-0.05, 0) is 24.6 Å². The van der Waals surface area contributed by atoms with Crippen LogP contribution in [0.25, 0.3) is 0 Å². The molecule has 25 heavy (non-hydrogen) atoms. The Labute approximate surface area is 164 Å². The van der Waals surface area contributed by atoms with Gasteiger partial charge in [-0.25, -0.2) is 4.98 Å². The smallest absolute Gasteiger partial charge is 0.310 e. The molecule has 0 fully saturated rings. The van der Waals surface area contributed by atoms with E-state index in [1.165, 1.54) is 6.20 Å². The Hall–Kier alpha value is -1.53. The van der Waals surface area contributed by atoms with E-state index in [1.54, 1.807) is 25.1 Å². The van der Waals surface area contributed by atoms with Crippen LogP contribution in [0.15, 0.2) is 24.4 Å². The number of hydrogen-bond donors (Lipinski definition) is 1. The van der Waals surface area contributed by atoms with Crippen molar-refractivity contribution < 1.29 is 14.3 Å². The average Bonchev–Trinajstić information content (AvgIpc) is 2.57. The van der Waals surface area contributed by atoms with Crippen LogP contribution < -0.4 is 5.32 Å². The first-order valence-corrected chi connectivity index (χ1v) is 8.49. The third-order valence-corrected chi connectivity index (χ3v) is 4.76. The Morgan fingerprint density at radius 2 is 1.76 bits per heavy atom. The normalized spacial score (nSPS) is 10.4. The number of aromatic nitrogens is 1.